The van der Waals surface area contributed by atoms with E-state index in [4.69, 9.17) is 14.7 Å². The van der Waals surface area contributed by atoms with E-state index in [1.165, 1.54) is 24.3 Å². The lowest BCUT2D eigenvalue weighted by Gasteiger charge is -2.45. The predicted octanol–water partition coefficient (Wildman–Crippen LogP) is 1.97. The number of nitriles is 1. The molecule has 2 fully saturated rings. The van der Waals surface area contributed by atoms with Gasteiger partial charge < -0.3 is 9.47 Å². The van der Waals surface area contributed by atoms with Gasteiger partial charge in [-0.05, 0) is 55.4 Å². The molecule has 2 aliphatic heterocycles. The fraction of sp³-hybridized carbons (Fsp3) is 0.458. The van der Waals surface area contributed by atoms with E-state index in [2.05, 4.69) is 14.5 Å². The molecule has 188 valence electrons. The van der Waals surface area contributed by atoms with Crippen molar-refractivity contribution in [3.05, 3.63) is 59.7 Å². The van der Waals surface area contributed by atoms with Crippen LogP contribution in [0, 0.1) is 23.0 Å². The Labute approximate surface area is 204 Å². The van der Waals surface area contributed by atoms with Gasteiger partial charge in [-0.25, -0.2) is 21.9 Å². The minimum atomic E-state index is -3.65. The average Bonchev–Trinajstić information content (AvgIpc) is 2.82. The lowest BCUT2D eigenvalue weighted by molar-refractivity contribution is -0.139. The number of nitrogens with zero attached hydrogens (tertiary/aromatic N) is 3. The van der Waals surface area contributed by atoms with Crippen LogP contribution < -0.4 is 9.46 Å². The molecule has 2 saturated heterocycles. The quantitative estimate of drug-likeness (QED) is 0.493. The van der Waals surface area contributed by atoms with Crippen LogP contribution in [0.4, 0.5) is 8.78 Å². The topological polar surface area (TPSA) is 94.9 Å². The second kappa shape index (κ2) is 11.4. The van der Waals surface area contributed by atoms with E-state index in [1.807, 2.05) is 6.07 Å². The third-order valence-electron chi connectivity index (χ3n) is 6.03. The van der Waals surface area contributed by atoms with Crippen LogP contribution in [0.15, 0.2) is 47.4 Å². The first kappa shape index (κ1) is 25.5. The zero-order valence-corrected chi connectivity index (χ0v) is 20.0. The van der Waals surface area contributed by atoms with E-state index in [1.54, 1.807) is 0 Å². The normalized spacial score (nSPS) is 20.9. The van der Waals surface area contributed by atoms with Crippen molar-refractivity contribution in [3.63, 3.8) is 0 Å². The number of benzene rings is 2. The summed E-state index contributed by atoms with van der Waals surface area (Å²) in [6.07, 6.45) is 0.739. The van der Waals surface area contributed by atoms with Gasteiger partial charge in [0, 0.05) is 39.3 Å². The monoisotopic (exact) mass is 506 g/mol. The molecule has 11 heteroatoms. The molecule has 0 radical (unpaired) electrons. The molecule has 8 nitrogen and oxygen atoms in total. The van der Waals surface area contributed by atoms with Gasteiger partial charge in [0.2, 0.25) is 10.0 Å². The van der Waals surface area contributed by atoms with Crippen molar-refractivity contribution < 1.29 is 26.7 Å². The Morgan fingerprint density at radius 3 is 2.31 bits per heavy atom. The molecule has 2 bridgehead atoms. The summed E-state index contributed by atoms with van der Waals surface area (Å²) >= 11 is 0. The molecule has 2 atom stereocenters. The Hall–Kier alpha value is -2.62. The highest BCUT2D eigenvalue weighted by Crippen LogP contribution is 2.21. The maximum absolute atomic E-state index is 14.0. The first-order chi connectivity index (χ1) is 16.8. The molecule has 0 spiro atoms. The van der Waals surface area contributed by atoms with Gasteiger partial charge in [-0.15, -0.1) is 0 Å². The predicted molar refractivity (Wildman–Crippen MR) is 124 cm³/mol. The van der Waals surface area contributed by atoms with Crippen molar-refractivity contribution in [3.8, 4) is 11.8 Å². The Kier molecular flexibility index (Phi) is 8.30. The highest BCUT2D eigenvalue weighted by molar-refractivity contribution is 7.89. The average molecular weight is 507 g/mol. The summed E-state index contributed by atoms with van der Waals surface area (Å²) in [6.45, 7) is 4.99. The zero-order chi connectivity index (χ0) is 24.8. The number of nitrogens with one attached hydrogen (secondary N) is 1. The smallest absolute Gasteiger partial charge is 0.240 e. The molecule has 2 aromatic rings. The first-order valence-corrected chi connectivity index (χ1v) is 13.0. The van der Waals surface area contributed by atoms with Crippen molar-refractivity contribution in [2.75, 3.05) is 52.4 Å². The summed E-state index contributed by atoms with van der Waals surface area (Å²) in [5.41, 5.74) is 0.255. The molecule has 0 aliphatic carbocycles. The molecule has 0 amide bonds. The molecular weight excluding hydrogens is 478 g/mol. The molecular formula is C24H28F2N4O4S. The van der Waals surface area contributed by atoms with Crippen LogP contribution in [-0.4, -0.2) is 82.8 Å². The van der Waals surface area contributed by atoms with Gasteiger partial charge in [-0.3, -0.25) is 9.80 Å². The largest absolute Gasteiger partial charge is 0.489 e. The highest BCUT2D eigenvalue weighted by Gasteiger charge is 2.34. The van der Waals surface area contributed by atoms with Crippen molar-refractivity contribution in [2.24, 2.45) is 0 Å². The lowest BCUT2D eigenvalue weighted by Crippen LogP contribution is -2.60. The van der Waals surface area contributed by atoms with Crippen LogP contribution in [-0.2, 0) is 14.8 Å². The second-order valence-corrected chi connectivity index (χ2v) is 10.5. The van der Waals surface area contributed by atoms with Gasteiger partial charge in [0.05, 0.1) is 28.7 Å². The Morgan fingerprint density at radius 1 is 1.03 bits per heavy atom. The van der Waals surface area contributed by atoms with Gasteiger partial charge in [0.25, 0.3) is 0 Å². The van der Waals surface area contributed by atoms with Gasteiger partial charge in [-0.2, -0.15) is 5.26 Å². The van der Waals surface area contributed by atoms with Crippen LogP contribution in [0.1, 0.15) is 12.0 Å². The third kappa shape index (κ3) is 6.96. The molecule has 2 aromatic carbocycles. The van der Waals surface area contributed by atoms with E-state index >= 15 is 0 Å². The summed E-state index contributed by atoms with van der Waals surface area (Å²) < 4.78 is 65.8. The first-order valence-electron chi connectivity index (χ1n) is 11.5. The van der Waals surface area contributed by atoms with E-state index < -0.39 is 21.7 Å². The van der Waals surface area contributed by atoms with Crippen LogP contribution in [0.25, 0.3) is 0 Å². The maximum Gasteiger partial charge on any atom is 0.240 e. The minimum absolute atomic E-state index is 0.0463. The van der Waals surface area contributed by atoms with Crippen LogP contribution in [0.3, 0.4) is 0 Å². The van der Waals surface area contributed by atoms with Gasteiger partial charge in [0.1, 0.15) is 12.4 Å². The second-order valence-electron chi connectivity index (χ2n) is 8.71. The molecule has 0 aromatic heterocycles. The van der Waals surface area contributed by atoms with Gasteiger partial charge in [-0.1, -0.05) is 0 Å². The Morgan fingerprint density at radius 2 is 1.69 bits per heavy atom. The molecule has 2 aliphatic rings. The number of halogens is 2. The summed E-state index contributed by atoms with van der Waals surface area (Å²) in [6, 6.07) is 10.8. The maximum atomic E-state index is 14.0. The number of hydrogen-bond acceptors (Lipinski definition) is 7. The van der Waals surface area contributed by atoms with E-state index in [-0.39, 0.29) is 28.4 Å². The lowest BCUT2D eigenvalue weighted by atomic mass is 10.1. The summed E-state index contributed by atoms with van der Waals surface area (Å²) in [7, 11) is -3.65. The fourth-order valence-corrected chi connectivity index (χ4v) is 5.48. The van der Waals surface area contributed by atoms with Crippen LogP contribution in [0.5, 0.6) is 5.75 Å². The summed E-state index contributed by atoms with van der Waals surface area (Å²) in [5.74, 6) is -0.884. The number of ether oxygens (including phenoxy) is 2. The molecule has 4 rings (SSSR count). The zero-order valence-electron chi connectivity index (χ0n) is 19.2. The summed E-state index contributed by atoms with van der Waals surface area (Å²) in [4.78, 5) is 4.57. The molecule has 2 unspecified atom stereocenters. The highest BCUT2D eigenvalue weighted by atomic mass is 32.2. The fourth-order valence-electron chi connectivity index (χ4n) is 4.40. The molecule has 35 heavy (non-hydrogen) atoms. The molecule has 1 N–H and O–H groups in total. The van der Waals surface area contributed by atoms with Crippen molar-refractivity contribution in [1.29, 1.82) is 5.26 Å². The number of hydrogen-bond donors (Lipinski definition) is 1. The molecule has 2 heterocycles. The number of fused-ring (bicyclic) bond motifs is 2. The van der Waals surface area contributed by atoms with E-state index in [9.17, 15) is 17.2 Å². The summed E-state index contributed by atoms with van der Waals surface area (Å²) in [5, 5.41) is 8.82. The third-order valence-corrected chi connectivity index (χ3v) is 7.50. The minimum Gasteiger partial charge on any atom is -0.489 e. The van der Waals surface area contributed by atoms with Crippen molar-refractivity contribution in [2.45, 2.75) is 23.5 Å². The molecule has 0 saturated carbocycles. The number of sulfonamides is 1. The van der Waals surface area contributed by atoms with Crippen molar-refractivity contribution in [1.82, 2.24) is 14.5 Å². The van der Waals surface area contributed by atoms with Gasteiger partial charge >= 0.3 is 0 Å². The SMILES string of the molecule is N#Cc1ccc(OCCN2CC3CN(CCCNS(=O)(=O)c4ccc(F)cc4)CC(C2)O3)c(F)c1. The van der Waals surface area contributed by atoms with Crippen LogP contribution >= 0.6 is 0 Å². The van der Waals surface area contributed by atoms with Gasteiger partial charge in [0.15, 0.2) is 11.6 Å². The number of rotatable bonds is 10. The van der Waals surface area contributed by atoms with E-state index in [0.29, 0.717) is 26.1 Å². The Balaban J connectivity index is 1.16. The van der Waals surface area contributed by atoms with Crippen LogP contribution in [0.2, 0.25) is 0 Å². The van der Waals surface area contributed by atoms with Crippen molar-refractivity contribution >= 4 is 10.0 Å². The van der Waals surface area contributed by atoms with E-state index in [0.717, 1.165) is 50.9 Å². The number of morpholine rings is 2. The standard InChI is InChI=1S/C24H28F2N4O4S/c25-19-3-5-22(6-4-19)35(31,32)28-8-1-9-29-14-20-16-30(17-21(15-29)34-20)10-11-33-24-7-2-18(13-27)12-23(24)26/h2-7,12,20-21,28H,1,8-11,14-17H2. The Bertz CT molecular complexity index is 1140.